The first-order valence-electron chi connectivity index (χ1n) is 5.28. The molecule has 0 unspecified atom stereocenters. The second-order valence-corrected chi connectivity index (χ2v) is 3.96. The predicted molar refractivity (Wildman–Crippen MR) is 60.3 cm³/mol. The van der Waals surface area contributed by atoms with E-state index in [1.807, 2.05) is 6.92 Å². The molecule has 0 radical (unpaired) electrons. The van der Waals surface area contributed by atoms with E-state index in [1.54, 1.807) is 12.4 Å². The monoisotopic (exact) mass is 237 g/mol. The maximum absolute atomic E-state index is 13.4. The molecular weight excluding hydrogens is 224 g/mol. The molecule has 17 heavy (non-hydrogen) atoms. The standard InChI is InChI=1S/C12H13F2N3/c1-8(15)9-5-16-17(6-9)7-10-11(13)3-2-4-12(10)14/h2-6,8H,7,15H2,1H3/t8-/m0/s1. The van der Waals surface area contributed by atoms with Gasteiger partial charge in [0, 0.05) is 23.4 Å². The number of hydrogen-bond acceptors (Lipinski definition) is 2. The summed E-state index contributed by atoms with van der Waals surface area (Å²) in [7, 11) is 0. The van der Waals surface area contributed by atoms with Crippen molar-refractivity contribution < 1.29 is 8.78 Å². The van der Waals surface area contributed by atoms with E-state index in [4.69, 9.17) is 5.73 Å². The summed E-state index contributed by atoms with van der Waals surface area (Å²) >= 11 is 0. The Kier molecular flexibility index (Phi) is 3.19. The van der Waals surface area contributed by atoms with Gasteiger partial charge in [0.15, 0.2) is 0 Å². The summed E-state index contributed by atoms with van der Waals surface area (Å²) in [5, 5.41) is 4.02. The van der Waals surface area contributed by atoms with Crippen molar-refractivity contribution in [1.29, 1.82) is 0 Å². The van der Waals surface area contributed by atoms with Crippen LogP contribution in [0.3, 0.4) is 0 Å². The average Bonchev–Trinajstić information content (AvgIpc) is 2.72. The van der Waals surface area contributed by atoms with Crippen LogP contribution in [0.5, 0.6) is 0 Å². The van der Waals surface area contributed by atoms with Gasteiger partial charge in [0.2, 0.25) is 0 Å². The fourth-order valence-electron chi connectivity index (χ4n) is 1.55. The van der Waals surface area contributed by atoms with Gasteiger partial charge in [-0.05, 0) is 19.1 Å². The highest BCUT2D eigenvalue weighted by Gasteiger charge is 2.10. The maximum Gasteiger partial charge on any atom is 0.131 e. The van der Waals surface area contributed by atoms with Crippen molar-refractivity contribution >= 4 is 0 Å². The topological polar surface area (TPSA) is 43.8 Å². The molecule has 1 aromatic heterocycles. The smallest absolute Gasteiger partial charge is 0.131 e. The highest BCUT2D eigenvalue weighted by Crippen LogP contribution is 2.14. The molecule has 2 rings (SSSR count). The zero-order chi connectivity index (χ0) is 12.4. The molecule has 0 saturated heterocycles. The van der Waals surface area contributed by atoms with E-state index in [2.05, 4.69) is 5.10 Å². The molecule has 90 valence electrons. The Morgan fingerprint density at radius 3 is 2.53 bits per heavy atom. The largest absolute Gasteiger partial charge is 0.324 e. The van der Waals surface area contributed by atoms with Crippen LogP contribution in [-0.2, 0) is 6.54 Å². The number of nitrogens with zero attached hydrogens (tertiary/aromatic N) is 2. The Hall–Kier alpha value is -1.75. The number of rotatable bonds is 3. The van der Waals surface area contributed by atoms with E-state index < -0.39 is 11.6 Å². The highest BCUT2D eigenvalue weighted by molar-refractivity contribution is 5.20. The Morgan fingerprint density at radius 2 is 2.00 bits per heavy atom. The Balaban J connectivity index is 2.25. The number of nitrogens with two attached hydrogens (primary N) is 1. The summed E-state index contributed by atoms with van der Waals surface area (Å²) in [5.41, 5.74) is 6.52. The van der Waals surface area contributed by atoms with Crippen molar-refractivity contribution in [2.45, 2.75) is 19.5 Å². The minimum atomic E-state index is -0.567. The van der Waals surface area contributed by atoms with Gasteiger partial charge in [-0.15, -0.1) is 0 Å². The molecule has 0 aliphatic rings. The summed E-state index contributed by atoms with van der Waals surface area (Å²) in [6.45, 7) is 1.89. The lowest BCUT2D eigenvalue weighted by Gasteiger charge is -2.05. The summed E-state index contributed by atoms with van der Waals surface area (Å²) in [6.07, 6.45) is 3.29. The maximum atomic E-state index is 13.4. The summed E-state index contributed by atoms with van der Waals surface area (Å²) in [6, 6.07) is 3.65. The van der Waals surface area contributed by atoms with Gasteiger partial charge >= 0.3 is 0 Å². The summed E-state index contributed by atoms with van der Waals surface area (Å²) in [5.74, 6) is -1.13. The minimum absolute atomic E-state index is 0.00632. The lowest BCUT2D eigenvalue weighted by atomic mass is 10.2. The third-order valence-electron chi connectivity index (χ3n) is 2.56. The molecule has 2 N–H and O–H groups in total. The molecule has 0 saturated carbocycles. The van der Waals surface area contributed by atoms with Gasteiger partial charge in [-0.1, -0.05) is 6.07 Å². The van der Waals surface area contributed by atoms with Crippen LogP contribution in [0.1, 0.15) is 24.1 Å². The first-order valence-corrected chi connectivity index (χ1v) is 5.28. The van der Waals surface area contributed by atoms with Crippen LogP contribution in [0, 0.1) is 11.6 Å². The van der Waals surface area contributed by atoms with Crippen LogP contribution in [0.25, 0.3) is 0 Å². The quantitative estimate of drug-likeness (QED) is 0.889. The van der Waals surface area contributed by atoms with Crippen molar-refractivity contribution in [2.75, 3.05) is 0 Å². The van der Waals surface area contributed by atoms with Gasteiger partial charge < -0.3 is 5.73 Å². The SMILES string of the molecule is C[C@H](N)c1cnn(Cc2c(F)cccc2F)c1. The van der Waals surface area contributed by atoms with Crippen molar-refractivity contribution in [2.24, 2.45) is 5.73 Å². The lowest BCUT2D eigenvalue weighted by molar-refractivity contribution is 0.532. The van der Waals surface area contributed by atoms with Crippen LogP contribution in [-0.4, -0.2) is 9.78 Å². The fraction of sp³-hybridized carbons (Fsp3) is 0.250. The molecule has 3 nitrogen and oxygen atoms in total. The molecular formula is C12H13F2N3. The molecule has 0 aliphatic carbocycles. The second kappa shape index (κ2) is 4.63. The Bertz CT molecular complexity index is 500. The molecule has 0 amide bonds. The molecule has 1 heterocycles. The minimum Gasteiger partial charge on any atom is -0.324 e. The van der Waals surface area contributed by atoms with Gasteiger partial charge in [0.05, 0.1) is 12.7 Å². The Morgan fingerprint density at radius 1 is 1.35 bits per heavy atom. The van der Waals surface area contributed by atoms with E-state index >= 15 is 0 Å². The van der Waals surface area contributed by atoms with E-state index in [9.17, 15) is 8.78 Å². The zero-order valence-electron chi connectivity index (χ0n) is 9.40. The summed E-state index contributed by atoms with van der Waals surface area (Å²) in [4.78, 5) is 0. The van der Waals surface area contributed by atoms with Crippen LogP contribution in [0.15, 0.2) is 30.6 Å². The van der Waals surface area contributed by atoms with Gasteiger partial charge in [0.25, 0.3) is 0 Å². The van der Waals surface area contributed by atoms with Crippen LogP contribution >= 0.6 is 0 Å². The van der Waals surface area contributed by atoms with Crippen molar-refractivity contribution in [3.63, 3.8) is 0 Å². The first kappa shape index (κ1) is 11.7. The average molecular weight is 237 g/mol. The number of aromatic nitrogens is 2. The van der Waals surface area contributed by atoms with Gasteiger partial charge in [-0.2, -0.15) is 5.10 Å². The highest BCUT2D eigenvalue weighted by atomic mass is 19.1. The van der Waals surface area contributed by atoms with Crippen molar-refractivity contribution in [1.82, 2.24) is 9.78 Å². The van der Waals surface area contributed by atoms with Crippen LogP contribution in [0.2, 0.25) is 0 Å². The lowest BCUT2D eigenvalue weighted by Crippen LogP contribution is -2.06. The van der Waals surface area contributed by atoms with E-state index in [0.717, 1.165) is 5.56 Å². The second-order valence-electron chi connectivity index (χ2n) is 3.96. The molecule has 1 atom stereocenters. The van der Waals surface area contributed by atoms with E-state index in [-0.39, 0.29) is 18.2 Å². The predicted octanol–water partition coefficient (Wildman–Crippen LogP) is 2.23. The van der Waals surface area contributed by atoms with Gasteiger partial charge in [-0.25, -0.2) is 8.78 Å². The molecule has 5 heteroatoms. The molecule has 0 spiro atoms. The van der Waals surface area contributed by atoms with Crippen molar-refractivity contribution in [3.8, 4) is 0 Å². The molecule has 0 bridgehead atoms. The van der Waals surface area contributed by atoms with Crippen LogP contribution in [0.4, 0.5) is 8.78 Å². The zero-order valence-corrected chi connectivity index (χ0v) is 9.40. The third kappa shape index (κ3) is 2.50. The number of hydrogen-bond donors (Lipinski definition) is 1. The number of halogens is 2. The summed E-state index contributed by atoms with van der Waals surface area (Å²) < 4.78 is 28.3. The van der Waals surface area contributed by atoms with Gasteiger partial charge in [-0.3, -0.25) is 4.68 Å². The van der Waals surface area contributed by atoms with Gasteiger partial charge in [0.1, 0.15) is 11.6 Å². The number of benzene rings is 1. The molecule has 1 aromatic carbocycles. The Labute approximate surface area is 97.9 Å². The van der Waals surface area contributed by atoms with E-state index in [0.29, 0.717) is 0 Å². The molecule has 0 fully saturated rings. The first-order chi connectivity index (χ1) is 8.08. The normalized spacial score (nSPS) is 12.7. The van der Waals surface area contributed by atoms with Crippen LogP contribution < -0.4 is 5.73 Å². The van der Waals surface area contributed by atoms with Crippen molar-refractivity contribution in [3.05, 3.63) is 53.4 Å². The molecule has 2 aromatic rings. The van der Waals surface area contributed by atoms with E-state index in [1.165, 1.54) is 22.9 Å². The third-order valence-corrected chi connectivity index (χ3v) is 2.56. The fourth-order valence-corrected chi connectivity index (χ4v) is 1.55. The molecule has 0 aliphatic heterocycles.